The first kappa shape index (κ1) is 13.3. The lowest BCUT2D eigenvalue weighted by Crippen LogP contribution is -1.96. The molecule has 0 spiro atoms. The molecule has 1 heterocycles. The van der Waals surface area contributed by atoms with E-state index in [9.17, 15) is 0 Å². The van der Waals surface area contributed by atoms with Gasteiger partial charge in [-0.3, -0.25) is 0 Å². The van der Waals surface area contributed by atoms with E-state index in [0.717, 1.165) is 25.1 Å². The maximum atomic E-state index is 8.56. The average Bonchev–Trinajstić information content (AvgIpc) is 2.92. The minimum absolute atomic E-state index is 0.151. The van der Waals surface area contributed by atoms with Gasteiger partial charge < -0.3 is 4.52 Å². The molecule has 0 saturated carbocycles. The zero-order chi connectivity index (χ0) is 13.5. The number of nitriles is 1. The maximum absolute atomic E-state index is 8.56. The molecule has 0 saturated heterocycles. The first-order valence-electron chi connectivity index (χ1n) is 6.53. The van der Waals surface area contributed by atoms with Gasteiger partial charge in [0.25, 0.3) is 0 Å². The highest BCUT2D eigenvalue weighted by Crippen LogP contribution is 2.18. The molecule has 4 heteroatoms. The van der Waals surface area contributed by atoms with Gasteiger partial charge in [-0.2, -0.15) is 10.2 Å². The van der Waals surface area contributed by atoms with E-state index in [2.05, 4.69) is 28.3 Å². The molecule has 0 aliphatic rings. The molecule has 19 heavy (non-hydrogen) atoms. The lowest BCUT2D eigenvalue weighted by molar-refractivity contribution is 0.350. The van der Waals surface area contributed by atoms with Gasteiger partial charge in [-0.25, -0.2) is 0 Å². The predicted octanol–water partition coefficient (Wildman–Crippen LogP) is 3.26. The third-order valence-electron chi connectivity index (χ3n) is 3.07. The van der Waals surface area contributed by atoms with Gasteiger partial charge in [0.05, 0.1) is 6.07 Å². The van der Waals surface area contributed by atoms with Gasteiger partial charge >= 0.3 is 0 Å². The summed E-state index contributed by atoms with van der Waals surface area (Å²) in [6.45, 7) is 2.01. The summed E-state index contributed by atoms with van der Waals surface area (Å²) in [4.78, 5) is 4.39. The Kier molecular flexibility index (Phi) is 4.68. The fourth-order valence-corrected chi connectivity index (χ4v) is 1.87. The highest BCUT2D eigenvalue weighted by atomic mass is 16.5. The van der Waals surface area contributed by atoms with Crippen LogP contribution in [0.5, 0.6) is 0 Å². The summed E-state index contributed by atoms with van der Waals surface area (Å²) in [7, 11) is 0. The van der Waals surface area contributed by atoms with E-state index in [1.54, 1.807) is 0 Å². The smallest absolute Gasteiger partial charge is 0.229 e. The molecule has 2 aromatic rings. The summed E-state index contributed by atoms with van der Waals surface area (Å²) in [6, 6.07) is 12.4. The number of rotatable bonds is 6. The molecule has 0 radical (unpaired) electrons. The summed E-state index contributed by atoms with van der Waals surface area (Å²) in [5.41, 5.74) is 1.27. The second-order valence-corrected chi connectivity index (χ2v) is 4.63. The molecule has 0 aliphatic heterocycles. The Labute approximate surface area is 113 Å². The molecule has 0 fully saturated rings. The SMILES string of the molecule is CC(CCC#N)c1nc(CCc2ccccc2)no1. The minimum atomic E-state index is 0.151. The minimum Gasteiger partial charge on any atom is -0.339 e. The molecule has 0 amide bonds. The average molecular weight is 255 g/mol. The van der Waals surface area contributed by atoms with Gasteiger partial charge in [-0.15, -0.1) is 0 Å². The predicted molar refractivity (Wildman–Crippen MR) is 71.4 cm³/mol. The van der Waals surface area contributed by atoms with Crippen LogP contribution in [0.25, 0.3) is 0 Å². The highest BCUT2D eigenvalue weighted by Gasteiger charge is 2.13. The zero-order valence-corrected chi connectivity index (χ0v) is 11.0. The van der Waals surface area contributed by atoms with Crippen molar-refractivity contribution in [3.8, 4) is 6.07 Å². The molecule has 1 atom stereocenters. The van der Waals surface area contributed by atoms with E-state index in [-0.39, 0.29) is 5.92 Å². The van der Waals surface area contributed by atoms with Crippen molar-refractivity contribution in [2.24, 2.45) is 0 Å². The van der Waals surface area contributed by atoms with Gasteiger partial charge in [0.15, 0.2) is 5.82 Å². The lowest BCUT2D eigenvalue weighted by Gasteiger charge is -2.00. The van der Waals surface area contributed by atoms with Crippen LogP contribution >= 0.6 is 0 Å². The van der Waals surface area contributed by atoms with E-state index < -0.39 is 0 Å². The van der Waals surface area contributed by atoms with Gasteiger partial charge in [-0.1, -0.05) is 42.4 Å². The van der Waals surface area contributed by atoms with Gasteiger partial charge in [-0.05, 0) is 18.4 Å². The fourth-order valence-electron chi connectivity index (χ4n) is 1.87. The van der Waals surface area contributed by atoms with E-state index in [1.165, 1.54) is 5.56 Å². The van der Waals surface area contributed by atoms with E-state index in [4.69, 9.17) is 9.78 Å². The Hall–Kier alpha value is -2.15. The second kappa shape index (κ2) is 6.69. The van der Waals surface area contributed by atoms with Crippen molar-refractivity contribution in [3.05, 3.63) is 47.6 Å². The number of aromatic nitrogens is 2. The Balaban J connectivity index is 1.89. The molecule has 1 unspecified atom stereocenters. The summed E-state index contributed by atoms with van der Waals surface area (Å²) in [5.74, 6) is 1.53. The van der Waals surface area contributed by atoms with Crippen molar-refractivity contribution in [1.82, 2.24) is 10.1 Å². The topological polar surface area (TPSA) is 62.7 Å². The second-order valence-electron chi connectivity index (χ2n) is 4.63. The molecular weight excluding hydrogens is 238 g/mol. The standard InChI is InChI=1S/C15H17N3O/c1-12(6-5-11-16)15-17-14(18-19-15)10-9-13-7-3-2-4-8-13/h2-4,7-8,12H,5-6,9-10H2,1H3. The van der Waals surface area contributed by atoms with Crippen LogP contribution in [-0.2, 0) is 12.8 Å². The third kappa shape index (κ3) is 3.92. The van der Waals surface area contributed by atoms with Crippen LogP contribution in [-0.4, -0.2) is 10.1 Å². The molecule has 1 aromatic heterocycles. The highest BCUT2D eigenvalue weighted by molar-refractivity contribution is 5.15. The van der Waals surface area contributed by atoms with Crippen LogP contribution < -0.4 is 0 Å². The maximum Gasteiger partial charge on any atom is 0.229 e. The lowest BCUT2D eigenvalue weighted by atomic mass is 10.1. The number of aryl methyl sites for hydroxylation is 2. The van der Waals surface area contributed by atoms with Crippen molar-refractivity contribution in [1.29, 1.82) is 5.26 Å². The van der Waals surface area contributed by atoms with Crippen molar-refractivity contribution in [3.63, 3.8) is 0 Å². The Morgan fingerprint density at radius 1 is 1.26 bits per heavy atom. The van der Waals surface area contributed by atoms with Crippen molar-refractivity contribution < 1.29 is 4.52 Å². The molecule has 2 rings (SSSR count). The largest absolute Gasteiger partial charge is 0.339 e. The number of nitrogens with zero attached hydrogens (tertiary/aromatic N) is 3. The van der Waals surface area contributed by atoms with Crippen LogP contribution in [0.3, 0.4) is 0 Å². The molecule has 0 aliphatic carbocycles. The fraction of sp³-hybridized carbons (Fsp3) is 0.400. The van der Waals surface area contributed by atoms with E-state index in [0.29, 0.717) is 12.3 Å². The summed E-state index contributed by atoms with van der Waals surface area (Å²) in [5, 5.41) is 12.6. The van der Waals surface area contributed by atoms with Crippen LogP contribution in [0.4, 0.5) is 0 Å². The molecule has 1 aromatic carbocycles. The Morgan fingerprint density at radius 2 is 2.05 bits per heavy atom. The molecular formula is C15H17N3O. The normalized spacial score (nSPS) is 12.0. The van der Waals surface area contributed by atoms with Crippen LogP contribution in [0.15, 0.2) is 34.9 Å². The Bertz CT molecular complexity index is 542. The first-order chi connectivity index (χ1) is 9.29. The zero-order valence-electron chi connectivity index (χ0n) is 11.0. The first-order valence-corrected chi connectivity index (χ1v) is 6.53. The van der Waals surface area contributed by atoms with Crippen molar-refractivity contribution >= 4 is 0 Å². The van der Waals surface area contributed by atoms with Crippen molar-refractivity contribution in [2.75, 3.05) is 0 Å². The number of hydrogen-bond donors (Lipinski definition) is 0. The molecule has 0 bridgehead atoms. The molecule has 4 nitrogen and oxygen atoms in total. The van der Waals surface area contributed by atoms with Crippen LogP contribution in [0.1, 0.15) is 43.0 Å². The quantitative estimate of drug-likeness (QED) is 0.794. The number of benzene rings is 1. The Morgan fingerprint density at radius 3 is 2.79 bits per heavy atom. The van der Waals surface area contributed by atoms with Crippen molar-refractivity contribution in [2.45, 2.75) is 38.5 Å². The third-order valence-corrected chi connectivity index (χ3v) is 3.07. The van der Waals surface area contributed by atoms with E-state index >= 15 is 0 Å². The van der Waals surface area contributed by atoms with Crippen LogP contribution in [0, 0.1) is 11.3 Å². The van der Waals surface area contributed by atoms with Gasteiger partial charge in [0.2, 0.25) is 5.89 Å². The summed E-state index contributed by atoms with van der Waals surface area (Å²) < 4.78 is 5.24. The number of hydrogen-bond acceptors (Lipinski definition) is 4. The molecule has 98 valence electrons. The monoisotopic (exact) mass is 255 g/mol. The van der Waals surface area contributed by atoms with Crippen LogP contribution in [0.2, 0.25) is 0 Å². The van der Waals surface area contributed by atoms with Gasteiger partial charge in [0, 0.05) is 18.8 Å². The van der Waals surface area contributed by atoms with Gasteiger partial charge in [0.1, 0.15) is 0 Å². The summed E-state index contributed by atoms with van der Waals surface area (Å²) >= 11 is 0. The summed E-state index contributed by atoms with van der Waals surface area (Å²) in [6.07, 6.45) is 2.96. The molecule has 0 N–H and O–H groups in total. The van der Waals surface area contributed by atoms with E-state index in [1.807, 2.05) is 25.1 Å².